The highest BCUT2D eigenvalue weighted by Crippen LogP contribution is 2.47. The van der Waals surface area contributed by atoms with Gasteiger partial charge in [0.05, 0.1) is 24.0 Å². The summed E-state index contributed by atoms with van der Waals surface area (Å²) in [5, 5.41) is 12.5. The number of aliphatic hydroxyl groups is 1. The van der Waals surface area contributed by atoms with E-state index in [1.807, 2.05) is 0 Å². The highest BCUT2D eigenvalue weighted by molar-refractivity contribution is 7.92. The molecule has 0 radical (unpaired) electrons. The Morgan fingerprint density at radius 1 is 1.00 bits per heavy atom. The Hall–Kier alpha value is -3.61. The van der Waals surface area contributed by atoms with Gasteiger partial charge in [-0.3, -0.25) is 9.52 Å². The molecule has 0 saturated carbocycles. The van der Waals surface area contributed by atoms with Crippen molar-refractivity contribution in [3.8, 4) is 5.75 Å². The van der Waals surface area contributed by atoms with E-state index in [1.54, 1.807) is 12.1 Å². The van der Waals surface area contributed by atoms with Gasteiger partial charge in [0.2, 0.25) is 5.91 Å². The van der Waals surface area contributed by atoms with Crippen molar-refractivity contribution in [1.29, 1.82) is 0 Å². The van der Waals surface area contributed by atoms with Crippen LogP contribution < -0.4 is 14.8 Å². The predicted octanol–water partition coefficient (Wildman–Crippen LogP) is 3.61. The lowest BCUT2D eigenvalue weighted by molar-refractivity contribution is -0.142. The van der Waals surface area contributed by atoms with Crippen molar-refractivity contribution in [3.05, 3.63) is 89.2 Å². The summed E-state index contributed by atoms with van der Waals surface area (Å²) in [6, 6.07) is 12.2. The quantitative estimate of drug-likeness (QED) is 0.387. The molecule has 3 aromatic rings. The first-order valence-electron chi connectivity index (χ1n) is 12.2. The fourth-order valence-corrected chi connectivity index (χ4v) is 5.98. The number of ether oxygens (including phenoxy) is 2. The summed E-state index contributed by atoms with van der Waals surface area (Å²) in [6.45, 7) is -0.569. The minimum absolute atomic E-state index is 0.00921. The van der Waals surface area contributed by atoms with Crippen molar-refractivity contribution < 1.29 is 41.0 Å². The van der Waals surface area contributed by atoms with Gasteiger partial charge in [-0.05, 0) is 67.1 Å². The topological polar surface area (TPSA) is 114 Å². The molecule has 39 heavy (non-hydrogen) atoms. The molecule has 0 unspecified atom stereocenters. The summed E-state index contributed by atoms with van der Waals surface area (Å²) < 4.78 is 80.4. The molecule has 206 valence electrons. The van der Waals surface area contributed by atoms with Gasteiger partial charge < -0.3 is 19.9 Å². The predicted molar refractivity (Wildman–Crippen MR) is 134 cm³/mol. The molecule has 1 saturated heterocycles. The molecule has 0 spiro atoms. The average molecular weight is 563 g/mol. The second kappa shape index (κ2) is 10.9. The number of rotatable bonds is 8. The fraction of sp³-hybridized carbons (Fsp3) is 0.296. The molecule has 3 aromatic carbocycles. The van der Waals surface area contributed by atoms with Crippen molar-refractivity contribution >= 4 is 21.6 Å². The molecule has 1 amide bonds. The third-order valence-corrected chi connectivity index (χ3v) is 8.17. The lowest BCUT2D eigenvalue weighted by atomic mass is 9.84. The van der Waals surface area contributed by atoms with Gasteiger partial charge in [-0.15, -0.1) is 0 Å². The normalized spacial score (nSPS) is 21.9. The van der Waals surface area contributed by atoms with Gasteiger partial charge >= 0.3 is 0 Å². The number of carbonyl (C=O) groups is 1. The van der Waals surface area contributed by atoms with Gasteiger partial charge in [0.25, 0.3) is 10.0 Å². The molecule has 5 rings (SSSR count). The van der Waals surface area contributed by atoms with Gasteiger partial charge in [-0.2, -0.15) is 0 Å². The summed E-state index contributed by atoms with van der Waals surface area (Å²) >= 11 is 0. The van der Waals surface area contributed by atoms with E-state index < -0.39 is 51.7 Å². The smallest absolute Gasteiger partial charge is 0.261 e. The minimum Gasteiger partial charge on any atom is -0.487 e. The van der Waals surface area contributed by atoms with Crippen molar-refractivity contribution in [2.45, 2.75) is 48.5 Å². The fourth-order valence-electron chi connectivity index (χ4n) is 4.93. The molecule has 2 heterocycles. The van der Waals surface area contributed by atoms with Crippen molar-refractivity contribution in [2.75, 3.05) is 11.3 Å². The van der Waals surface area contributed by atoms with E-state index in [4.69, 9.17) is 9.47 Å². The molecule has 3 N–H and O–H groups in total. The Morgan fingerprint density at radius 3 is 2.49 bits per heavy atom. The molecule has 0 aromatic heterocycles. The van der Waals surface area contributed by atoms with E-state index in [9.17, 15) is 31.5 Å². The number of fused-ring (bicyclic) bond motifs is 3. The Kier molecular flexibility index (Phi) is 7.52. The first-order chi connectivity index (χ1) is 18.6. The number of sulfonamides is 1. The van der Waals surface area contributed by atoms with Gasteiger partial charge in [-0.1, -0.05) is 0 Å². The zero-order chi connectivity index (χ0) is 27.7. The van der Waals surface area contributed by atoms with Crippen LogP contribution in [0.4, 0.5) is 18.9 Å². The number of carbonyl (C=O) groups excluding carboxylic acids is 1. The Bertz CT molecular complexity index is 1490. The third-order valence-electron chi connectivity index (χ3n) is 6.77. The van der Waals surface area contributed by atoms with Crippen molar-refractivity contribution in [1.82, 2.24) is 5.32 Å². The number of hydrogen-bond donors (Lipinski definition) is 3. The zero-order valence-electron chi connectivity index (χ0n) is 20.4. The van der Waals surface area contributed by atoms with Gasteiger partial charge in [0, 0.05) is 29.3 Å². The molecule has 4 atom stereocenters. The van der Waals surface area contributed by atoms with E-state index in [-0.39, 0.29) is 41.6 Å². The summed E-state index contributed by atoms with van der Waals surface area (Å²) in [4.78, 5) is 12.5. The molecule has 12 heteroatoms. The van der Waals surface area contributed by atoms with Crippen LogP contribution in [0.3, 0.4) is 0 Å². The lowest BCUT2D eigenvalue weighted by Gasteiger charge is -2.37. The molecule has 1 fully saturated rings. The van der Waals surface area contributed by atoms with Crippen LogP contribution in [-0.4, -0.2) is 44.4 Å². The maximum Gasteiger partial charge on any atom is 0.261 e. The molecule has 0 bridgehead atoms. The van der Waals surface area contributed by atoms with Crippen molar-refractivity contribution in [3.63, 3.8) is 0 Å². The summed E-state index contributed by atoms with van der Waals surface area (Å²) in [5.74, 6) is -2.06. The van der Waals surface area contributed by atoms with Crippen LogP contribution in [0, 0.1) is 17.5 Å². The number of hydrogen-bond acceptors (Lipinski definition) is 6. The van der Waals surface area contributed by atoms with Crippen LogP contribution in [0.5, 0.6) is 5.75 Å². The largest absolute Gasteiger partial charge is 0.487 e. The summed E-state index contributed by atoms with van der Waals surface area (Å²) in [5.41, 5.74) is 0.962. The van der Waals surface area contributed by atoms with E-state index in [2.05, 4.69) is 10.0 Å². The number of aliphatic hydroxyl groups excluding tert-OH is 1. The van der Waals surface area contributed by atoms with Crippen molar-refractivity contribution in [2.24, 2.45) is 0 Å². The molecule has 2 aliphatic heterocycles. The molecule has 8 nitrogen and oxygen atoms in total. The van der Waals surface area contributed by atoms with Gasteiger partial charge in [0.15, 0.2) is 0 Å². The Balaban J connectivity index is 1.28. The molecule has 0 aliphatic carbocycles. The highest BCUT2D eigenvalue weighted by atomic mass is 32.2. The van der Waals surface area contributed by atoms with E-state index >= 15 is 0 Å². The summed E-state index contributed by atoms with van der Waals surface area (Å²) in [6.07, 6.45) is -1.66. The molecular formula is C27H25F3N2O6S. The monoisotopic (exact) mass is 562 g/mol. The van der Waals surface area contributed by atoms with Gasteiger partial charge in [-0.25, -0.2) is 21.6 Å². The maximum atomic E-state index is 13.9. The standard InChI is InChI=1S/C27H25F3N2O6S/c28-16-1-5-20(6-2-16)39(35,36)32-18-4-8-24-21(10-18)22-11-19(37-25(14-33)27(22)38-24)12-26(34)31-13-15-9-17(29)3-7-23(15)30/h1-10,19,22,25,27,32-33H,11-14H2,(H,31,34)/t19-,22-,25-,27+/m1/s1. The number of amides is 1. The number of halogens is 3. The third kappa shape index (κ3) is 5.87. The Morgan fingerprint density at radius 2 is 1.74 bits per heavy atom. The van der Waals surface area contributed by atoms with E-state index in [0.717, 1.165) is 42.5 Å². The SMILES string of the molecule is O=C(C[C@H]1C[C@@H]2c3cc(NS(=O)(=O)c4ccc(F)cc4)ccc3O[C@@H]2[C@@H](CO)O1)NCc1cc(F)ccc1F. The zero-order valence-corrected chi connectivity index (χ0v) is 21.3. The molecular weight excluding hydrogens is 537 g/mol. The first kappa shape index (κ1) is 27.0. The van der Waals surface area contributed by atoms with Gasteiger partial charge in [0.1, 0.15) is 35.4 Å². The number of benzene rings is 3. The van der Waals surface area contributed by atoms with Crippen LogP contribution in [0.25, 0.3) is 0 Å². The average Bonchev–Trinajstić information content (AvgIpc) is 3.26. The lowest BCUT2D eigenvalue weighted by Crippen LogP contribution is -2.47. The number of anilines is 1. The molecule has 2 aliphatic rings. The van der Waals surface area contributed by atoms with Crippen LogP contribution in [0.15, 0.2) is 65.6 Å². The Labute approximate surface area is 222 Å². The second-order valence-electron chi connectivity index (χ2n) is 9.43. The second-order valence-corrected chi connectivity index (χ2v) is 11.1. The summed E-state index contributed by atoms with van der Waals surface area (Å²) in [7, 11) is -3.98. The maximum absolute atomic E-state index is 13.9. The first-order valence-corrected chi connectivity index (χ1v) is 13.7. The van der Waals surface area contributed by atoms with Crippen LogP contribution in [0.2, 0.25) is 0 Å². The highest BCUT2D eigenvalue weighted by Gasteiger charge is 2.46. The van der Waals surface area contributed by atoms with Crippen LogP contribution >= 0.6 is 0 Å². The number of nitrogens with one attached hydrogen (secondary N) is 2. The van der Waals surface area contributed by atoms with Crippen LogP contribution in [0.1, 0.15) is 29.9 Å². The minimum atomic E-state index is -3.98. The van der Waals surface area contributed by atoms with E-state index in [0.29, 0.717) is 17.7 Å². The van der Waals surface area contributed by atoms with E-state index in [1.165, 1.54) is 6.07 Å². The van der Waals surface area contributed by atoms with Crippen LogP contribution in [-0.2, 0) is 26.1 Å².